The summed E-state index contributed by atoms with van der Waals surface area (Å²) in [7, 11) is 0. The molecule has 1 aliphatic heterocycles. The first-order chi connectivity index (χ1) is 14.1. The van der Waals surface area contributed by atoms with E-state index in [1.54, 1.807) is 22.8 Å². The first-order valence-electron chi connectivity index (χ1n) is 10.3. The molecule has 2 N–H and O–H groups in total. The summed E-state index contributed by atoms with van der Waals surface area (Å²) in [4.78, 5) is 31.5. The first-order valence-corrected chi connectivity index (χ1v) is 10.3. The van der Waals surface area contributed by atoms with E-state index in [0.29, 0.717) is 35.9 Å². The van der Waals surface area contributed by atoms with Crippen LogP contribution < -0.4 is 5.32 Å². The van der Waals surface area contributed by atoms with Crippen molar-refractivity contribution in [3.8, 4) is 0 Å². The molecule has 0 spiro atoms. The quantitative estimate of drug-likeness (QED) is 0.756. The molecule has 2 aromatic heterocycles. The molecule has 4 atom stereocenters. The normalized spacial score (nSPS) is 29.3. The number of allylic oxidation sites excluding steroid dienone is 2. The predicted molar refractivity (Wildman–Crippen MR) is 105 cm³/mol. The maximum Gasteiger partial charge on any atom is 0.253 e. The van der Waals surface area contributed by atoms with Gasteiger partial charge in [-0.05, 0) is 49.7 Å². The number of carbonyl (C=O) groups excluding carboxylic acids is 2. The average molecular weight is 395 g/mol. The van der Waals surface area contributed by atoms with Gasteiger partial charge in [0.2, 0.25) is 5.91 Å². The second kappa shape index (κ2) is 7.26. The maximum atomic E-state index is 12.7. The van der Waals surface area contributed by atoms with Crippen molar-refractivity contribution in [1.82, 2.24) is 24.8 Å². The molecule has 1 saturated heterocycles. The van der Waals surface area contributed by atoms with Gasteiger partial charge >= 0.3 is 0 Å². The topological polar surface area (TPSA) is 99.8 Å². The summed E-state index contributed by atoms with van der Waals surface area (Å²) in [6.07, 6.45) is 9.62. The summed E-state index contributed by atoms with van der Waals surface area (Å²) in [5.41, 5.74) is 1.16. The highest BCUT2D eigenvalue weighted by Gasteiger charge is 2.44. The monoisotopic (exact) mass is 395 g/mol. The number of carbonyl (C=O) groups is 2. The number of nitrogens with zero attached hydrogens (tertiary/aromatic N) is 4. The largest absolute Gasteiger partial charge is 0.391 e. The van der Waals surface area contributed by atoms with E-state index < -0.39 is 6.10 Å². The first kappa shape index (κ1) is 18.3. The highest BCUT2D eigenvalue weighted by molar-refractivity contribution is 5.94. The molecule has 2 aliphatic carbocycles. The molecule has 8 heteroatoms. The third-order valence-corrected chi connectivity index (χ3v) is 6.66. The number of amides is 2. The van der Waals surface area contributed by atoms with Crippen LogP contribution in [0.25, 0.3) is 5.65 Å². The number of nitrogens with one attached hydrogen (secondary N) is 1. The van der Waals surface area contributed by atoms with E-state index >= 15 is 0 Å². The minimum atomic E-state index is -0.599. The lowest BCUT2D eigenvalue weighted by molar-refractivity contribution is -0.134. The van der Waals surface area contributed by atoms with Gasteiger partial charge in [0.15, 0.2) is 5.65 Å². The minimum absolute atomic E-state index is 0.0854. The molecular formula is C21H25N5O3. The van der Waals surface area contributed by atoms with Gasteiger partial charge in [-0.3, -0.25) is 9.59 Å². The molecule has 0 bridgehead atoms. The van der Waals surface area contributed by atoms with Crippen LogP contribution in [0.15, 0.2) is 36.8 Å². The van der Waals surface area contributed by atoms with Crippen molar-refractivity contribution in [2.75, 3.05) is 13.1 Å². The van der Waals surface area contributed by atoms with Crippen molar-refractivity contribution in [3.63, 3.8) is 0 Å². The molecule has 152 valence electrons. The summed E-state index contributed by atoms with van der Waals surface area (Å²) >= 11 is 0. The molecule has 5 rings (SSSR count). The lowest BCUT2D eigenvalue weighted by Gasteiger charge is -2.35. The Morgan fingerprint density at radius 3 is 2.66 bits per heavy atom. The van der Waals surface area contributed by atoms with Gasteiger partial charge in [0.25, 0.3) is 5.91 Å². The summed E-state index contributed by atoms with van der Waals surface area (Å²) in [6.45, 7) is 1.45. The maximum absolute atomic E-state index is 12.7. The number of fused-ring (bicyclic) bond motifs is 2. The van der Waals surface area contributed by atoms with E-state index in [1.165, 1.54) is 6.33 Å². The van der Waals surface area contributed by atoms with E-state index in [2.05, 4.69) is 27.6 Å². The van der Waals surface area contributed by atoms with Crippen LogP contribution in [0.2, 0.25) is 0 Å². The Morgan fingerprint density at radius 1 is 1.10 bits per heavy atom. The van der Waals surface area contributed by atoms with Crippen molar-refractivity contribution in [3.05, 3.63) is 42.4 Å². The Balaban J connectivity index is 1.23. The van der Waals surface area contributed by atoms with Gasteiger partial charge in [-0.1, -0.05) is 12.2 Å². The molecule has 2 amide bonds. The number of aliphatic hydroxyl groups is 1. The lowest BCUT2D eigenvalue weighted by Crippen LogP contribution is -2.49. The summed E-state index contributed by atoms with van der Waals surface area (Å²) < 4.78 is 1.56. The van der Waals surface area contributed by atoms with Gasteiger partial charge in [-0.25, -0.2) is 9.50 Å². The average Bonchev–Trinajstić information content (AvgIpc) is 3.47. The van der Waals surface area contributed by atoms with E-state index in [0.717, 1.165) is 25.9 Å². The number of rotatable bonds is 3. The summed E-state index contributed by atoms with van der Waals surface area (Å²) in [5, 5.41) is 17.7. The van der Waals surface area contributed by atoms with Crippen LogP contribution >= 0.6 is 0 Å². The van der Waals surface area contributed by atoms with E-state index in [1.807, 2.05) is 4.90 Å². The van der Waals surface area contributed by atoms with Crippen molar-refractivity contribution < 1.29 is 14.7 Å². The fourth-order valence-electron chi connectivity index (χ4n) is 5.05. The smallest absolute Gasteiger partial charge is 0.253 e. The van der Waals surface area contributed by atoms with Crippen LogP contribution in [-0.4, -0.2) is 61.7 Å². The number of aromatic nitrogens is 3. The Kier molecular flexibility index (Phi) is 4.58. The molecule has 1 saturated carbocycles. The Labute approximate surface area is 168 Å². The predicted octanol–water partition coefficient (Wildman–Crippen LogP) is 1.02. The van der Waals surface area contributed by atoms with Crippen LogP contribution in [0.4, 0.5) is 0 Å². The van der Waals surface area contributed by atoms with Crippen molar-refractivity contribution >= 4 is 17.5 Å². The number of likely N-dealkylation sites (tertiary alicyclic amines) is 1. The van der Waals surface area contributed by atoms with Crippen LogP contribution in [-0.2, 0) is 4.79 Å². The van der Waals surface area contributed by atoms with Gasteiger partial charge in [-0.2, -0.15) is 5.10 Å². The fraction of sp³-hybridized carbons (Fsp3) is 0.524. The van der Waals surface area contributed by atoms with Gasteiger partial charge in [0, 0.05) is 25.2 Å². The van der Waals surface area contributed by atoms with Gasteiger partial charge in [-0.15, -0.1) is 0 Å². The van der Waals surface area contributed by atoms with E-state index in [9.17, 15) is 14.7 Å². The number of pyridine rings is 1. The van der Waals surface area contributed by atoms with Crippen LogP contribution in [0.3, 0.4) is 0 Å². The van der Waals surface area contributed by atoms with Crippen LogP contribution in [0, 0.1) is 17.8 Å². The minimum Gasteiger partial charge on any atom is -0.391 e. The van der Waals surface area contributed by atoms with E-state index in [4.69, 9.17) is 0 Å². The highest BCUT2D eigenvalue weighted by atomic mass is 16.3. The zero-order valence-electron chi connectivity index (χ0n) is 16.1. The molecule has 3 aliphatic rings. The van der Waals surface area contributed by atoms with Crippen molar-refractivity contribution in [2.45, 2.75) is 37.8 Å². The molecule has 0 radical (unpaired) electrons. The molecule has 8 nitrogen and oxygen atoms in total. The molecular weight excluding hydrogens is 370 g/mol. The van der Waals surface area contributed by atoms with Gasteiger partial charge < -0.3 is 15.3 Å². The molecule has 3 heterocycles. The third kappa shape index (κ3) is 3.42. The third-order valence-electron chi connectivity index (χ3n) is 6.66. The zero-order chi connectivity index (χ0) is 20.0. The van der Waals surface area contributed by atoms with E-state index in [-0.39, 0.29) is 23.8 Å². The molecule has 2 aromatic rings. The number of aliphatic hydroxyl groups excluding tert-OH is 1. The molecule has 0 aromatic carbocycles. The SMILES string of the molecule is O=C(N[C@H]1C[C@H]2CN(C(=O)C3CC=CC3)C[C@H]2C[C@@H]1O)c1ccc2ncnn2c1. The molecule has 2 fully saturated rings. The second-order valence-corrected chi connectivity index (χ2v) is 8.50. The van der Waals surface area contributed by atoms with Crippen molar-refractivity contribution in [2.24, 2.45) is 17.8 Å². The lowest BCUT2D eigenvalue weighted by atomic mass is 9.77. The van der Waals surface area contributed by atoms with Gasteiger partial charge in [0.1, 0.15) is 6.33 Å². The Hall–Kier alpha value is -2.74. The highest BCUT2D eigenvalue weighted by Crippen LogP contribution is 2.38. The van der Waals surface area contributed by atoms with Crippen LogP contribution in [0.5, 0.6) is 0 Å². The Bertz CT molecular complexity index is 962. The summed E-state index contributed by atoms with van der Waals surface area (Å²) in [5.74, 6) is 0.721. The molecule has 29 heavy (non-hydrogen) atoms. The molecule has 0 unspecified atom stereocenters. The Morgan fingerprint density at radius 2 is 1.86 bits per heavy atom. The summed E-state index contributed by atoms with van der Waals surface area (Å²) in [6, 6.07) is 3.15. The fourth-order valence-corrected chi connectivity index (χ4v) is 5.05. The second-order valence-electron chi connectivity index (χ2n) is 8.50. The zero-order valence-corrected chi connectivity index (χ0v) is 16.1. The number of hydrogen-bond donors (Lipinski definition) is 2. The number of hydrogen-bond acceptors (Lipinski definition) is 5. The standard InChI is InChI=1S/C21H25N5O3/c27-18-8-16-10-25(21(29)13-3-1-2-4-13)9-15(16)7-17(18)24-20(28)14-5-6-19-22-12-23-26(19)11-14/h1-2,5-6,11-13,15-18,27H,3-4,7-10H2,(H,24,28)/t15-,16+,17-,18-/m0/s1. The van der Waals surface area contributed by atoms with Gasteiger partial charge in [0.05, 0.1) is 17.7 Å². The van der Waals surface area contributed by atoms with Crippen LogP contribution in [0.1, 0.15) is 36.0 Å². The van der Waals surface area contributed by atoms with Crippen molar-refractivity contribution in [1.29, 1.82) is 0 Å².